The normalized spacial score (nSPS) is 11.0. The highest BCUT2D eigenvalue weighted by Crippen LogP contribution is 2.30. The maximum Gasteiger partial charge on any atom is 0.196 e. The molecule has 0 aliphatic heterocycles. The molecule has 1 aromatic heterocycles. The quantitative estimate of drug-likeness (QED) is 0.373. The highest BCUT2D eigenvalue weighted by molar-refractivity contribution is 7.98. The summed E-state index contributed by atoms with van der Waals surface area (Å²) >= 11 is 1.37. The van der Waals surface area contributed by atoms with E-state index >= 15 is 0 Å². The highest BCUT2D eigenvalue weighted by Gasteiger charge is 2.17. The zero-order chi connectivity index (χ0) is 20.4. The number of thioether (sulfide) groups is 1. The number of halogens is 2. The summed E-state index contributed by atoms with van der Waals surface area (Å²) in [6.45, 7) is 4.06. The van der Waals surface area contributed by atoms with Crippen molar-refractivity contribution in [3.05, 3.63) is 95.1 Å². The fourth-order valence-electron chi connectivity index (χ4n) is 3.04. The van der Waals surface area contributed by atoms with Crippen LogP contribution in [0.15, 0.2) is 71.9 Å². The van der Waals surface area contributed by atoms with Gasteiger partial charge in [0.05, 0.1) is 0 Å². The zero-order valence-electron chi connectivity index (χ0n) is 16.1. The van der Waals surface area contributed by atoms with Crippen LogP contribution in [0.1, 0.15) is 16.7 Å². The van der Waals surface area contributed by atoms with Crippen LogP contribution in [-0.2, 0) is 5.75 Å². The first kappa shape index (κ1) is 19.3. The Kier molecular flexibility index (Phi) is 5.45. The van der Waals surface area contributed by atoms with E-state index in [0.717, 1.165) is 34.3 Å². The molecule has 0 aliphatic rings. The molecule has 4 aromatic rings. The van der Waals surface area contributed by atoms with Crippen LogP contribution >= 0.6 is 11.8 Å². The molecule has 0 aliphatic carbocycles. The Morgan fingerprint density at radius 2 is 1.66 bits per heavy atom. The summed E-state index contributed by atoms with van der Waals surface area (Å²) in [5, 5.41) is 9.42. The number of rotatable bonds is 5. The number of aromatic nitrogens is 3. The maximum atomic E-state index is 14.0. The molecule has 29 heavy (non-hydrogen) atoms. The van der Waals surface area contributed by atoms with E-state index in [9.17, 15) is 8.78 Å². The van der Waals surface area contributed by atoms with Crippen molar-refractivity contribution in [2.75, 3.05) is 0 Å². The SMILES string of the molecule is Cc1ccc(-n2c(SCc3ccc(F)cc3F)nnc2-c2cccc(C)c2)cc1. The molecule has 4 rings (SSSR count). The third-order valence-corrected chi connectivity index (χ3v) is 5.55. The van der Waals surface area contributed by atoms with Crippen LogP contribution in [0, 0.1) is 25.5 Å². The van der Waals surface area contributed by atoms with Crippen molar-refractivity contribution in [3.63, 3.8) is 0 Å². The molecule has 0 unspecified atom stereocenters. The molecule has 0 saturated heterocycles. The molecular weight excluding hydrogens is 388 g/mol. The van der Waals surface area contributed by atoms with Crippen LogP contribution in [0.5, 0.6) is 0 Å². The van der Waals surface area contributed by atoms with Crippen molar-refractivity contribution in [1.82, 2.24) is 14.8 Å². The summed E-state index contributed by atoms with van der Waals surface area (Å²) in [6.07, 6.45) is 0. The summed E-state index contributed by atoms with van der Waals surface area (Å²) in [4.78, 5) is 0. The van der Waals surface area contributed by atoms with Crippen molar-refractivity contribution < 1.29 is 8.78 Å². The lowest BCUT2D eigenvalue weighted by atomic mass is 10.1. The molecule has 6 heteroatoms. The first-order valence-corrected chi connectivity index (χ1v) is 10.2. The summed E-state index contributed by atoms with van der Waals surface area (Å²) < 4.78 is 29.2. The molecule has 0 spiro atoms. The minimum atomic E-state index is -0.583. The molecule has 0 N–H and O–H groups in total. The molecule has 0 bridgehead atoms. The molecule has 3 aromatic carbocycles. The lowest BCUT2D eigenvalue weighted by molar-refractivity contribution is 0.576. The Balaban J connectivity index is 1.74. The molecule has 1 heterocycles. The standard InChI is InChI=1S/C23H19F2N3S/c1-15-6-10-20(11-7-15)28-22(17-5-3-4-16(2)12-17)26-27-23(28)29-14-18-8-9-19(24)13-21(18)25/h3-13H,14H2,1-2H3. The molecule has 0 atom stereocenters. The van der Waals surface area contributed by atoms with Gasteiger partial charge in [0.15, 0.2) is 11.0 Å². The van der Waals surface area contributed by atoms with Gasteiger partial charge in [0.2, 0.25) is 0 Å². The third kappa shape index (κ3) is 4.22. The molecule has 0 saturated carbocycles. The van der Waals surface area contributed by atoms with Gasteiger partial charge < -0.3 is 0 Å². The summed E-state index contributed by atoms with van der Waals surface area (Å²) in [6, 6.07) is 19.8. The van der Waals surface area contributed by atoms with Gasteiger partial charge >= 0.3 is 0 Å². The Bertz CT molecular complexity index is 1150. The van der Waals surface area contributed by atoms with E-state index in [0.29, 0.717) is 16.5 Å². The molecular formula is C23H19F2N3S. The van der Waals surface area contributed by atoms with Gasteiger partial charge in [0.1, 0.15) is 11.6 Å². The van der Waals surface area contributed by atoms with Gasteiger partial charge in [-0.05, 0) is 43.7 Å². The average Bonchev–Trinajstić information content (AvgIpc) is 3.12. The summed E-state index contributed by atoms with van der Waals surface area (Å²) in [5.41, 5.74) is 4.59. The summed E-state index contributed by atoms with van der Waals surface area (Å²) in [5.74, 6) is -0.0950. The second kappa shape index (κ2) is 8.17. The Morgan fingerprint density at radius 3 is 2.38 bits per heavy atom. The third-order valence-electron chi connectivity index (χ3n) is 4.57. The Morgan fingerprint density at radius 1 is 0.862 bits per heavy atom. The van der Waals surface area contributed by atoms with Crippen molar-refractivity contribution in [3.8, 4) is 17.1 Å². The summed E-state index contributed by atoms with van der Waals surface area (Å²) in [7, 11) is 0. The van der Waals surface area contributed by atoms with E-state index in [-0.39, 0.29) is 0 Å². The number of benzene rings is 3. The van der Waals surface area contributed by atoms with Gasteiger partial charge in [0, 0.05) is 23.1 Å². The highest BCUT2D eigenvalue weighted by atomic mass is 32.2. The predicted octanol–water partition coefficient (Wildman–Crippen LogP) is 6.12. The number of hydrogen-bond donors (Lipinski definition) is 0. The first-order chi connectivity index (χ1) is 14.0. The van der Waals surface area contributed by atoms with Gasteiger partial charge in [-0.15, -0.1) is 10.2 Å². The topological polar surface area (TPSA) is 30.7 Å². The average molecular weight is 407 g/mol. The molecule has 146 valence electrons. The van der Waals surface area contributed by atoms with Gasteiger partial charge in [-0.2, -0.15) is 0 Å². The number of nitrogens with zero attached hydrogens (tertiary/aromatic N) is 3. The van der Waals surface area contributed by atoms with Crippen LogP contribution in [0.3, 0.4) is 0 Å². The van der Waals surface area contributed by atoms with Crippen molar-refractivity contribution >= 4 is 11.8 Å². The van der Waals surface area contributed by atoms with Crippen LogP contribution in [0.25, 0.3) is 17.1 Å². The second-order valence-electron chi connectivity index (χ2n) is 6.87. The minimum Gasteiger partial charge on any atom is -0.270 e. The maximum absolute atomic E-state index is 14.0. The van der Waals surface area contributed by atoms with Crippen LogP contribution in [0.4, 0.5) is 8.78 Å². The minimum absolute atomic E-state index is 0.323. The second-order valence-corrected chi connectivity index (χ2v) is 7.81. The number of hydrogen-bond acceptors (Lipinski definition) is 3. The molecule has 3 nitrogen and oxygen atoms in total. The first-order valence-electron chi connectivity index (χ1n) is 9.17. The fourth-order valence-corrected chi connectivity index (χ4v) is 3.98. The van der Waals surface area contributed by atoms with Gasteiger partial charge in [-0.1, -0.05) is 59.3 Å². The van der Waals surface area contributed by atoms with Crippen LogP contribution in [-0.4, -0.2) is 14.8 Å². The van der Waals surface area contributed by atoms with E-state index in [1.54, 1.807) is 0 Å². The predicted molar refractivity (Wildman–Crippen MR) is 112 cm³/mol. The van der Waals surface area contributed by atoms with Gasteiger partial charge in [-0.3, -0.25) is 4.57 Å². The zero-order valence-corrected chi connectivity index (χ0v) is 16.9. The van der Waals surface area contributed by atoms with Crippen molar-refractivity contribution in [2.24, 2.45) is 0 Å². The smallest absolute Gasteiger partial charge is 0.196 e. The Hall–Kier alpha value is -2.99. The van der Waals surface area contributed by atoms with E-state index in [1.807, 2.05) is 60.9 Å². The van der Waals surface area contributed by atoms with Gasteiger partial charge in [0.25, 0.3) is 0 Å². The van der Waals surface area contributed by atoms with Gasteiger partial charge in [-0.25, -0.2) is 8.78 Å². The van der Waals surface area contributed by atoms with E-state index in [4.69, 9.17) is 0 Å². The largest absolute Gasteiger partial charge is 0.270 e. The van der Waals surface area contributed by atoms with E-state index < -0.39 is 11.6 Å². The van der Waals surface area contributed by atoms with E-state index in [1.165, 1.54) is 23.9 Å². The lowest BCUT2D eigenvalue weighted by Crippen LogP contribution is -2.00. The van der Waals surface area contributed by atoms with Crippen LogP contribution in [0.2, 0.25) is 0 Å². The van der Waals surface area contributed by atoms with Crippen molar-refractivity contribution in [2.45, 2.75) is 24.8 Å². The lowest BCUT2D eigenvalue weighted by Gasteiger charge is -2.11. The molecule has 0 fully saturated rings. The molecule has 0 radical (unpaired) electrons. The fraction of sp³-hybridized carbons (Fsp3) is 0.130. The number of aryl methyl sites for hydroxylation is 2. The molecule has 0 amide bonds. The van der Waals surface area contributed by atoms with Crippen molar-refractivity contribution in [1.29, 1.82) is 0 Å². The van der Waals surface area contributed by atoms with Crippen LogP contribution < -0.4 is 0 Å². The monoisotopic (exact) mass is 407 g/mol. The van der Waals surface area contributed by atoms with E-state index in [2.05, 4.69) is 16.3 Å². The Labute approximate surface area is 172 Å².